The smallest absolute Gasteiger partial charge is 0.220 e. The maximum Gasteiger partial charge on any atom is 0.220 e. The first-order valence-corrected chi connectivity index (χ1v) is 5.75. The van der Waals surface area contributed by atoms with Crippen LogP contribution in [0.3, 0.4) is 0 Å². The van der Waals surface area contributed by atoms with E-state index in [-0.39, 0.29) is 11.8 Å². The van der Waals surface area contributed by atoms with Crippen LogP contribution in [0.5, 0.6) is 5.75 Å². The van der Waals surface area contributed by atoms with E-state index in [1.807, 2.05) is 26.0 Å². The Hall–Kier alpha value is -2.39. The molecular formula is C16H21NO2. The molecule has 0 saturated carbocycles. The second-order valence-corrected chi connectivity index (χ2v) is 3.96. The van der Waals surface area contributed by atoms with Crippen LogP contribution in [0.15, 0.2) is 18.2 Å². The summed E-state index contributed by atoms with van der Waals surface area (Å²) in [6.45, 7) is 3.69. The molecule has 3 N–H and O–H groups in total. The Bertz CT molecular complexity index is 427. The Balaban J connectivity index is 0. The van der Waals surface area contributed by atoms with Crippen molar-refractivity contribution in [3.63, 3.8) is 0 Å². The lowest BCUT2D eigenvalue weighted by Gasteiger charge is -2.08. The molecule has 19 heavy (non-hydrogen) atoms. The summed E-state index contributed by atoms with van der Waals surface area (Å²) in [4.78, 5) is 10.8. The second kappa shape index (κ2) is 10.7. The molecule has 0 aliphatic rings. The predicted octanol–water partition coefficient (Wildman–Crippen LogP) is 2.25. The van der Waals surface area contributed by atoms with Crippen molar-refractivity contribution in [1.29, 1.82) is 0 Å². The first kappa shape index (κ1) is 19.0. The standard InChI is InChI=1S/C12H17NO2.2C2H2/c1-8(12(13)15)3-4-10-5-6-11(14)9(2)7-10;2*1-2/h5-8,14H,3-4H2,1-2H3,(H2,13,15);2*1-2H/t8-;;/m0../s1. The number of primary amides is 1. The fourth-order valence-electron chi connectivity index (χ4n) is 1.40. The molecule has 0 aliphatic heterocycles. The highest BCUT2D eigenvalue weighted by Gasteiger charge is 2.08. The fraction of sp³-hybridized carbons (Fsp3) is 0.312. The van der Waals surface area contributed by atoms with Crippen LogP contribution in [-0.2, 0) is 11.2 Å². The van der Waals surface area contributed by atoms with Gasteiger partial charge in [0.1, 0.15) is 5.75 Å². The van der Waals surface area contributed by atoms with E-state index in [1.165, 1.54) is 0 Å². The number of carbonyl (C=O) groups is 1. The van der Waals surface area contributed by atoms with Gasteiger partial charge in [0.2, 0.25) is 5.91 Å². The number of aryl methyl sites for hydroxylation is 2. The highest BCUT2D eigenvalue weighted by molar-refractivity contribution is 5.76. The minimum Gasteiger partial charge on any atom is -0.508 e. The van der Waals surface area contributed by atoms with Crippen LogP contribution in [0.4, 0.5) is 0 Å². The van der Waals surface area contributed by atoms with Gasteiger partial charge in [0.15, 0.2) is 0 Å². The largest absolute Gasteiger partial charge is 0.508 e. The van der Waals surface area contributed by atoms with E-state index in [2.05, 4.69) is 25.7 Å². The van der Waals surface area contributed by atoms with E-state index in [0.717, 1.165) is 24.0 Å². The molecule has 0 aliphatic carbocycles. The Labute approximate surface area is 115 Å². The number of carbonyl (C=O) groups excluding carboxylic acids is 1. The van der Waals surface area contributed by atoms with Gasteiger partial charge in [-0.05, 0) is 37.0 Å². The van der Waals surface area contributed by atoms with Gasteiger partial charge in [0.25, 0.3) is 0 Å². The molecular weight excluding hydrogens is 238 g/mol. The Morgan fingerprint density at radius 3 is 2.26 bits per heavy atom. The SMILES string of the molecule is C#C.C#C.Cc1cc(CC[C@H](C)C(N)=O)ccc1O. The van der Waals surface area contributed by atoms with E-state index < -0.39 is 0 Å². The van der Waals surface area contributed by atoms with Gasteiger partial charge in [0.05, 0.1) is 0 Å². The number of benzene rings is 1. The molecule has 1 atom stereocenters. The van der Waals surface area contributed by atoms with Crippen molar-refractivity contribution in [3.05, 3.63) is 29.3 Å². The molecule has 1 rings (SSSR count). The molecule has 3 heteroatoms. The van der Waals surface area contributed by atoms with Crippen molar-refractivity contribution in [1.82, 2.24) is 0 Å². The number of terminal acetylenes is 2. The molecule has 1 amide bonds. The van der Waals surface area contributed by atoms with Gasteiger partial charge in [-0.2, -0.15) is 0 Å². The van der Waals surface area contributed by atoms with Gasteiger partial charge >= 0.3 is 0 Å². The van der Waals surface area contributed by atoms with Crippen LogP contribution in [0.25, 0.3) is 0 Å². The highest BCUT2D eigenvalue weighted by atomic mass is 16.3. The van der Waals surface area contributed by atoms with Crippen molar-refractivity contribution >= 4 is 5.91 Å². The second-order valence-electron chi connectivity index (χ2n) is 3.96. The first-order chi connectivity index (χ1) is 9.00. The number of phenols is 1. The van der Waals surface area contributed by atoms with Crippen molar-refractivity contribution in [2.45, 2.75) is 26.7 Å². The summed E-state index contributed by atoms with van der Waals surface area (Å²) >= 11 is 0. The zero-order chi connectivity index (χ0) is 15.4. The van der Waals surface area contributed by atoms with E-state index in [4.69, 9.17) is 5.73 Å². The van der Waals surface area contributed by atoms with E-state index in [1.54, 1.807) is 6.07 Å². The van der Waals surface area contributed by atoms with Gasteiger partial charge in [0, 0.05) is 5.92 Å². The van der Waals surface area contributed by atoms with Crippen molar-refractivity contribution < 1.29 is 9.90 Å². The molecule has 0 heterocycles. The molecule has 0 unspecified atom stereocenters. The monoisotopic (exact) mass is 259 g/mol. The lowest BCUT2D eigenvalue weighted by Crippen LogP contribution is -2.20. The minimum absolute atomic E-state index is 0.0980. The summed E-state index contributed by atoms with van der Waals surface area (Å²) in [7, 11) is 0. The molecule has 1 aromatic rings. The van der Waals surface area contributed by atoms with E-state index in [9.17, 15) is 9.90 Å². The molecule has 102 valence electrons. The average molecular weight is 259 g/mol. The molecule has 3 nitrogen and oxygen atoms in total. The maximum atomic E-state index is 10.8. The molecule has 0 radical (unpaired) electrons. The van der Waals surface area contributed by atoms with Crippen molar-refractivity contribution in [3.8, 4) is 31.4 Å². The first-order valence-electron chi connectivity index (χ1n) is 5.75. The normalized spacial score (nSPS) is 10.0. The Morgan fingerprint density at radius 2 is 1.84 bits per heavy atom. The molecule has 0 saturated heterocycles. The molecule has 0 bridgehead atoms. The molecule has 0 fully saturated rings. The number of rotatable bonds is 4. The van der Waals surface area contributed by atoms with Gasteiger partial charge in [-0.1, -0.05) is 19.1 Å². The number of hydrogen-bond acceptors (Lipinski definition) is 2. The fourth-order valence-corrected chi connectivity index (χ4v) is 1.40. The van der Waals surface area contributed by atoms with Crippen LogP contribution in [0, 0.1) is 38.5 Å². The zero-order valence-electron chi connectivity index (χ0n) is 11.5. The average Bonchev–Trinajstić information content (AvgIpc) is 2.44. The summed E-state index contributed by atoms with van der Waals surface area (Å²) in [5.74, 6) is -0.0497. The highest BCUT2D eigenvalue weighted by Crippen LogP contribution is 2.18. The quantitative estimate of drug-likeness (QED) is 0.815. The van der Waals surface area contributed by atoms with Crippen LogP contribution >= 0.6 is 0 Å². The molecule has 1 aromatic carbocycles. The Kier molecular flexibility index (Phi) is 10.7. The molecule has 0 aromatic heterocycles. The summed E-state index contributed by atoms with van der Waals surface area (Å²) in [5, 5.41) is 9.34. The maximum absolute atomic E-state index is 10.8. The van der Waals surface area contributed by atoms with Crippen LogP contribution in [0.2, 0.25) is 0 Å². The number of phenolic OH excluding ortho intramolecular Hbond substituents is 1. The number of amides is 1. The summed E-state index contributed by atoms with van der Waals surface area (Å²) in [5.41, 5.74) is 7.16. The topological polar surface area (TPSA) is 63.3 Å². The number of hydrogen-bond donors (Lipinski definition) is 2. The Morgan fingerprint density at radius 1 is 1.32 bits per heavy atom. The lowest BCUT2D eigenvalue weighted by atomic mass is 9.99. The summed E-state index contributed by atoms with van der Waals surface area (Å²) in [6, 6.07) is 5.48. The lowest BCUT2D eigenvalue weighted by molar-refractivity contribution is -0.121. The van der Waals surface area contributed by atoms with Crippen molar-refractivity contribution in [2.24, 2.45) is 11.7 Å². The zero-order valence-corrected chi connectivity index (χ0v) is 11.5. The van der Waals surface area contributed by atoms with Crippen molar-refractivity contribution in [2.75, 3.05) is 0 Å². The minimum atomic E-state index is -0.259. The van der Waals surface area contributed by atoms with Gasteiger partial charge in [-0.25, -0.2) is 0 Å². The third kappa shape index (κ3) is 7.52. The predicted molar refractivity (Wildman–Crippen MR) is 79.3 cm³/mol. The van der Waals surface area contributed by atoms with E-state index >= 15 is 0 Å². The van der Waals surface area contributed by atoms with E-state index in [0.29, 0.717) is 5.75 Å². The summed E-state index contributed by atoms with van der Waals surface area (Å²) in [6.07, 6.45) is 17.6. The third-order valence-electron chi connectivity index (χ3n) is 2.61. The number of aromatic hydroxyl groups is 1. The van der Waals surface area contributed by atoms with Gasteiger partial charge in [-0.3, -0.25) is 4.79 Å². The number of nitrogens with two attached hydrogens (primary N) is 1. The van der Waals surface area contributed by atoms with Crippen LogP contribution in [0.1, 0.15) is 24.5 Å². The van der Waals surface area contributed by atoms with Gasteiger partial charge < -0.3 is 10.8 Å². The molecule has 0 spiro atoms. The van der Waals surface area contributed by atoms with Gasteiger partial charge in [-0.15, -0.1) is 25.7 Å². The van der Waals surface area contributed by atoms with Crippen LogP contribution in [-0.4, -0.2) is 11.0 Å². The summed E-state index contributed by atoms with van der Waals surface area (Å²) < 4.78 is 0. The van der Waals surface area contributed by atoms with Crippen LogP contribution < -0.4 is 5.73 Å². The third-order valence-corrected chi connectivity index (χ3v) is 2.61.